The van der Waals surface area contributed by atoms with Crippen LogP contribution in [0.2, 0.25) is 0 Å². The van der Waals surface area contributed by atoms with Gasteiger partial charge in [0.25, 0.3) is 5.91 Å². The number of terminal acetylenes is 1. The number of carbonyl (C=O) groups is 2. The van der Waals surface area contributed by atoms with Crippen LogP contribution in [0.5, 0.6) is 5.75 Å². The molecule has 4 rings (SSSR count). The minimum Gasteiger partial charge on any atom is -0.504 e. The Hall–Kier alpha value is -4.01. The minimum atomic E-state index is -1.70. The summed E-state index contributed by atoms with van der Waals surface area (Å²) in [5, 5.41) is 32.4. The van der Waals surface area contributed by atoms with Gasteiger partial charge in [-0.25, -0.2) is 0 Å². The van der Waals surface area contributed by atoms with Crippen molar-refractivity contribution in [2.75, 3.05) is 17.3 Å². The van der Waals surface area contributed by atoms with E-state index >= 15 is 0 Å². The van der Waals surface area contributed by atoms with Crippen molar-refractivity contribution in [1.29, 1.82) is 0 Å². The molecule has 0 saturated heterocycles. The highest BCUT2D eigenvalue weighted by Crippen LogP contribution is 2.40. The molecule has 3 heterocycles. The Morgan fingerprint density at radius 1 is 1.27 bits per heavy atom. The van der Waals surface area contributed by atoms with E-state index in [0.29, 0.717) is 23.8 Å². The second kappa shape index (κ2) is 12.3. The van der Waals surface area contributed by atoms with E-state index in [-0.39, 0.29) is 34.3 Å². The van der Waals surface area contributed by atoms with Crippen LogP contribution in [0.4, 0.5) is 11.5 Å². The van der Waals surface area contributed by atoms with Crippen LogP contribution < -0.4 is 15.5 Å². The molecular formula is C26H32N4O6S. The number of hydrogen-bond donors (Lipinski definition) is 4. The van der Waals surface area contributed by atoms with Crippen LogP contribution in [0.25, 0.3) is 0 Å². The third kappa shape index (κ3) is 5.87. The number of hydrogen-bond acceptors (Lipinski definition) is 10. The molecule has 1 unspecified atom stereocenters. The number of Topliss-reactive ketones (excluding diaryl/α,β-unsaturated/α-hetero) is 1. The first kappa shape index (κ1) is 29.2. The third-order valence-electron chi connectivity index (χ3n) is 5.40. The molecule has 11 heteroatoms. The molecule has 0 spiro atoms. The number of furan rings is 1. The van der Waals surface area contributed by atoms with Crippen LogP contribution in [-0.2, 0) is 17.8 Å². The maximum atomic E-state index is 12.9. The summed E-state index contributed by atoms with van der Waals surface area (Å²) in [6, 6.07) is 5.26. The Bertz CT molecular complexity index is 1300. The average molecular weight is 529 g/mol. The summed E-state index contributed by atoms with van der Waals surface area (Å²) in [4.78, 5) is 26.7. The fourth-order valence-electron chi connectivity index (χ4n) is 3.40. The molecule has 0 fully saturated rings. The first-order chi connectivity index (χ1) is 17.6. The Labute approximate surface area is 220 Å². The lowest BCUT2D eigenvalue weighted by atomic mass is 9.81. The zero-order chi connectivity index (χ0) is 27.9. The Morgan fingerprint density at radius 3 is 2.51 bits per heavy atom. The molecular weight excluding hydrogens is 496 g/mol. The van der Waals surface area contributed by atoms with Crippen LogP contribution in [-0.4, -0.2) is 39.7 Å². The molecule has 1 aliphatic rings. The van der Waals surface area contributed by atoms with Crippen LogP contribution in [0.15, 0.2) is 43.9 Å². The second-order valence-electron chi connectivity index (χ2n) is 7.84. The van der Waals surface area contributed by atoms with E-state index in [2.05, 4.69) is 28.6 Å². The van der Waals surface area contributed by atoms with Crippen LogP contribution in [0, 0.1) is 19.8 Å². The molecule has 1 aliphatic carbocycles. The number of amides is 1. The molecule has 0 aromatic carbocycles. The predicted octanol–water partition coefficient (Wildman–Crippen LogP) is 4.20. The topological polar surface area (TPSA) is 141 Å². The number of nitrogens with zero attached hydrogens (tertiary/aromatic N) is 2. The number of aryl methyl sites for hydroxylation is 2. The lowest BCUT2D eigenvalue weighted by molar-refractivity contribution is -0.132. The van der Waals surface area contributed by atoms with E-state index in [0.717, 1.165) is 17.1 Å². The highest BCUT2D eigenvalue weighted by molar-refractivity contribution is 7.13. The minimum absolute atomic E-state index is 0.0701. The maximum Gasteiger partial charge on any atom is 0.273 e. The van der Waals surface area contributed by atoms with E-state index in [1.54, 1.807) is 12.1 Å². The van der Waals surface area contributed by atoms with Gasteiger partial charge in [0.05, 0.1) is 17.9 Å². The van der Waals surface area contributed by atoms with Gasteiger partial charge in [-0.1, -0.05) is 25.9 Å². The molecule has 3 aromatic heterocycles. The zero-order valence-corrected chi connectivity index (χ0v) is 22.5. The predicted molar refractivity (Wildman–Crippen MR) is 142 cm³/mol. The van der Waals surface area contributed by atoms with Gasteiger partial charge < -0.3 is 29.8 Å². The smallest absolute Gasteiger partial charge is 0.273 e. The normalized spacial score (nSPS) is 16.1. The molecule has 4 N–H and O–H groups in total. The molecule has 1 amide bonds. The van der Waals surface area contributed by atoms with E-state index in [1.165, 1.54) is 24.3 Å². The summed E-state index contributed by atoms with van der Waals surface area (Å²) in [6.45, 7) is 9.37. The molecule has 0 saturated carbocycles. The van der Waals surface area contributed by atoms with E-state index in [9.17, 15) is 19.8 Å². The lowest BCUT2D eigenvalue weighted by Gasteiger charge is -2.37. The Balaban J connectivity index is 0.00000115. The summed E-state index contributed by atoms with van der Waals surface area (Å²) in [6.07, 6.45) is 8.64. The number of nitrogens with one attached hydrogen (secondary N) is 2. The maximum absolute atomic E-state index is 12.9. The summed E-state index contributed by atoms with van der Waals surface area (Å²) >= 11 is 1.02. The fourth-order valence-corrected chi connectivity index (χ4v) is 4.26. The van der Waals surface area contributed by atoms with Crippen molar-refractivity contribution < 1.29 is 28.7 Å². The number of thiophene rings is 1. The molecule has 0 aliphatic heterocycles. The van der Waals surface area contributed by atoms with Crippen molar-refractivity contribution in [3.8, 4) is 18.6 Å². The monoisotopic (exact) mass is 528 g/mol. The molecule has 0 bridgehead atoms. The SMILES string of the molecule is C#C.CC.CCc1cc(N(C)C(=O)c2scc(NC3=C(NCc4ccc(C)o4)C(C)(O)C3=O)c2O)no1. The van der Waals surface area contributed by atoms with Crippen LogP contribution in [0.3, 0.4) is 0 Å². The van der Waals surface area contributed by atoms with Crippen molar-refractivity contribution in [2.45, 2.75) is 53.2 Å². The first-order valence-corrected chi connectivity index (χ1v) is 12.5. The van der Waals surface area contributed by atoms with Crippen molar-refractivity contribution in [2.24, 2.45) is 0 Å². The summed E-state index contributed by atoms with van der Waals surface area (Å²) in [5.41, 5.74) is -1.14. The number of ketones is 1. The standard InChI is InChI=1S/C22H24N4O6S.C2H6.C2H2/c1-5-12-8-15(25-32-12)26(4)21(29)18-17(27)14(10-33-18)24-16-19(22(3,30)20(16)28)23-9-13-7-6-11(2)31-13;2*1-2/h6-8,10,23-24,27,30H,5,9H2,1-4H3;1-2H3;1-2H. The second-order valence-corrected chi connectivity index (χ2v) is 8.72. The molecule has 0 radical (unpaired) electrons. The average Bonchev–Trinajstić information content (AvgIpc) is 3.65. The number of aromatic nitrogens is 1. The molecule has 3 aromatic rings. The van der Waals surface area contributed by atoms with Gasteiger partial charge in [-0.2, -0.15) is 0 Å². The summed E-state index contributed by atoms with van der Waals surface area (Å²) in [7, 11) is 1.53. The van der Waals surface area contributed by atoms with Crippen LogP contribution >= 0.6 is 11.3 Å². The molecule has 198 valence electrons. The first-order valence-electron chi connectivity index (χ1n) is 11.6. The van der Waals surface area contributed by atoms with Crippen molar-refractivity contribution in [3.05, 3.63) is 57.1 Å². The number of aromatic hydroxyl groups is 1. The summed E-state index contributed by atoms with van der Waals surface area (Å²) < 4.78 is 10.6. The Kier molecular flexibility index (Phi) is 9.71. The number of anilines is 2. The number of rotatable bonds is 8. The quantitative estimate of drug-likeness (QED) is 0.316. The van der Waals surface area contributed by atoms with Crippen molar-refractivity contribution in [3.63, 3.8) is 0 Å². The molecule has 10 nitrogen and oxygen atoms in total. The molecule has 1 atom stereocenters. The zero-order valence-electron chi connectivity index (χ0n) is 21.7. The van der Waals surface area contributed by atoms with Crippen molar-refractivity contribution >= 4 is 34.5 Å². The van der Waals surface area contributed by atoms with Gasteiger partial charge in [0, 0.05) is 24.9 Å². The van der Waals surface area contributed by atoms with Gasteiger partial charge in [0.2, 0.25) is 5.78 Å². The summed E-state index contributed by atoms with van der Waals surface area (Å²) in [5.74, 6) is 1.03. The van der Waals surface area contributed by atoms with Gasteiger partial charge in [-0.3, -0.25) is 14.5 Å². The van der Waals surface area contributed by atoms with E-state index in [1.807, 2.05) is 33.8 Å². The largest absolute Gasteiger partial charge is 0.504 e. The fraction of sp³-hybridized carbons (Fsp3) is 0.346. The van der Waals surface area contributed by atoms with Gasteiger partial charge in [0.15, 0.2) is 17.2 Å². The third-order valence-corrected chi connectivity index (χ3v) is 6.36. The van der Waals surface area contributed by atoms with Gasteiger partial charge >= 0.3 is 0 Å². The van der Waals surface area contributed by atoms with Crippen molar-refractivity contribution in [1.82, 2.24) is 10.5 Å². The Morgan fingerprint density at radius 2 is 1.95 bits per heavy atom. The number of aliphatic hydroxyl groups is 1. The lowest BCUT2D eigenvalue weighted by Crippen LogP contribution is -2.55. The van der Waals surface area contributed by atoms with E-state index < -0.39 is 17.3 Å². The molecule has 37 heavy (non-hydrogen) atoms. The highest BCUT2D eigenvalue weighted by atomic mass is 32.1. The van der Waals surface area contributed by atoms with Gasteiger partial charge in [0.1, 0.15) is 27.9 Å². The number of carbonyl (C=O) groups excluding carboxylic acids is 2. The van der Waals surface area contributed by atoms with E-state index in [4.69, 9.17) is 8.94 Å². The highest BCUT2D eigenvalue weighted by Gasteiger charge is 2.49. The van der Waals surface area contributed by atoms with Gasteiger partial charge in [-0.05, 0) is 26.0 Å². The van der Waals surface area contributed by atoms with Gasteiger partial charge in [-0.15, -0.1) is 24.2 Å². The van der Waals surface area contributed by atoms with Crippen LogP contribution in [0.1, 0.15) is 54.6 Å².